The molecular formula is C14H14N4O2S2. The first-order chi connectivity index (χ1) is 10.6. The summed E-state index contributed by atoms with van der Waals surface area (Å²) in [7, 11) is 0. The number of hydrogen-bond donors (Lipinski definition) is 1. The van der Waals surface area contributed by atoms with Gasteiger partial charge in [-0.1, -0.05) is 35.2 Å². The van der Waals surface area contributed by atoms with Gasteiger partial charge in [-0.2, -0.15) is 0 Å². The van der Waals surface area contributed by atoms with Crippen LogP contribution in [0.1, 0.15) is 13.3 Å². The molecule has 22 heavy (non-hydrogen) atoms. The third kappa shape index (κ3) is 3.12. The van der Waals surface area contributed by atoms with Gasteiger partial charge in [-0.25, -0.2) is 0 Å². The molecule has 0 fully saturated rings. The number of carbonyl (C=O) groups excluding carboxylic acids is 2. The highest BCUT2D eigenvalue weighted by Crippen LogP contribution is 2.32. The predicted molar refractivity (Wildman–Crippen MR) is 87.3 cm³/mol. The summed E-state index contributed by atoms with van der Waals surface area (Å²) in [4.78, 5) is 26.2. The fourth-order valence-corrected chi connectivity index (χ4v) is 3.73. The first-order valence-electron chi connectivity index (χ1n) is 6.75. The van der Waals surface area contributed by atoms with Crippen molar-refractivity contribution in [3.8, 4) is 0 Å². The molecule has 0 radical (unpaired) electrons. The quantitative estimate of drug-likeness (QED) is 0.872. The Kier molecular flexibility index (Phi) is 4.39. The molecule has 2 heterocycles. The van der Waals surface area contributed by atoms with Gasteiger partial charge in [0.1, 0.15) is 5.51 Å². The van der Waals surface area contributed by atoms with Crippen molar-refractivity contribution in [3.05, 3.63) is 29.8 Å². The maximum Gasteiger partial charge on any atom is 0.237 e. The van der Waals surface area contributed by atoms with E-state index in [9.17, 15) is 9.59 Å². The molecule has 0 spiro atoms. The van der Waals surface area contributed by atoms with E-state index in [-0.39, 0.29) is 30.0 Å². The molecule has 2 amide bonds. The minimum atomic E-state index is -0.189. The summed E-state index contributed by atoms with van der Waals surface area (Å²) in [6.07, 6.45) is 0.282. The summed E-state index contributed by atoms with van der Waals surface area (Å²) in [5, 5.41) is 10.5. The van der Waals surface area contributed by atoms with E-state index in [1.807, 2.05) is 31.2 Å². The van der Waals surface area contributed by atoms with Crippen molar-refractivity contribution in [2.24, 2.45) is 0 Å². The highest BCUT2D eigenvalue weighted by molar-refractivity contribution is 8.01. The lowest BCUT2D eigenvalue weighted by atomic mass is 10.2. The first-order valence-corrected chi connectivity index (χ1v) is 8.61. The molecule has 0 unspecified atom stereocenters. The van der Waals surface area contributed by atoms with Crippen LogP contribution in [0.2, 0.25) is 0 Å². The summed E-state index contributed by atoms with van der Waals surface area (Å²) in [6.45, 7) is 1.88. The molecular weight excluding hydrogens is 320 g/mol. The second-order valence-corrected chi connectivity index (χ2v) is 6.93. The van der Waals surface area contributed by atoms with Crippen LogP contribution < -0.4 is 10.2 Å². The van der Waals surface area contributed by atoms with Crippen LogP contribution in [-0.2, 0) is 9.59 Å². The number of nitrogens with one attached hydrogen (secondary N) is 1. The number of aromatic nitrogens is 2. The molecule has 1 aromatic heterocycles. The average Bonchev–Trinajstić information content (AvgIpc) is 2.96. The third-order valence-corrected chi connectivity index (χ3v) is 5.13. The van der Waals surface area contributed by atoms with Gasteiger partial charge >= 0.3 is 0 Å². The predicted octanol–water partition coefficient (Wildman–Crippen LogP) is 2.39. The monoisotopic (exact) mass is 334 g/mol. The fraction of sp³-hybridized carbons (Fsp3) is 0.286. The van der Waals surface area contributed by atoms with E-state index in [2.05, 4.69) is 15.5 Å². The molecule has 1 N–H and O–H groups in total. The largest absolute Gasteiger partial charge is 0.324 e. The van der Waals surface area contributed by atoms with E-state index in [0.717, 1.165) is 10.0 Å². The average molecular weight is 334 g/mol. The molecule has 1 aliphatic rings. The summed E-state index contributed by atoms with van der Waals surface area (Å²) in [6, 6.07) is 7.18. The second kappa shape index (κ2) is 6.45. The Labute approximate surface area is 135 Å². The number of nitrogens with zero attached hydrogens (tertiary/aromatic N) is 3. The molecule has 6 nitrogen and oxygen atoms in total. The van der Waals surface area contributed by atoms with Gasteiger partial charge in [0.2, 0.25) is 11.8 Å². The molecule has 0 saturated heterocycles. The van der Waals surface area contributed by atoms with Gasteiger partial charge in [-0.3, -0.25) is 9.59 Å². The number of amides is 2. The van der Waals surface area contributed by atoms with E-state index in [0.29, 0.717) is 5.69 Å². The Hall–Kier alpha value is -1.93. The molecule has 0 aliphatic carbocycles. The Balaban J connectivity index is 1.83. The number of hydrogen-bond acceptors (Lipinski definition) is 6. The summed E-state index contributed by atoms with van der Waals surface area (Å²) in [5.41, 5.74) is 3.05. The highest BCUT2D eigenvalue weighted by atomic mass is 32.2. The van der Waals surface area contributed by atoms with Crippen molar-refractivity contribution in [1.29, 1.82) is 0 Å². The summed E-state index contributed by atoms with van der Waals surface area (Å²) < 4.78 is 0.762. The van der Waals surface area contributed by atoms with E-state index in [1.54, 1.807) is 10.4 Å². The first kappa shape index (κ1) is 15.0. The standard InChI is InChI=1S/C14H14N4O2S2/c1-9-6-12(19)16-10-4-2-3-5-11(10)18(9)13(20)7-21-14-17-15-8-22-14/h2-5,8-9H,6-7H2,1H3,(H,16,19)/t9-/m0/s1. The van der Waals surface area contributed by atoms with Crippen molar-refractivity contribution >= 4 is 46.3 Å². The molecule has 2 aromatic rings. The molecule has 0 saturated carbocycles. The normalized spacial score (nSPS) is 17.6. The van der Waals surface area contributed by atoms with Gasteiger partial charge in [0.15, 0.2) is 4.34 Å². The SMILES string of the molecule is C[C@H]1CC(=O)Nc2ccccc2N1C(=O)CSc1nncs1. The van der Waals surface area contributed by atoms with Crippen molar-refractivity contribution in [2.75, 3.05) is 16.0 Å². The summed E-state index contributed by atoms with van der Waals surface area (Å²) in [5.74, 6) is 0.144. The Morgan fingerprint density at radius 1 is 1.50 bits per heavy atom. The summed E-state index contributed by atoms with van der Waals surface area (Å²) >= 11 is 2.77. The lowest BCUT2D eigenvalue weighted by Crippen LogP contribution is -2.40. The zero-order chi connectivity index (χ0) is 15.5. The molecule has 3 rings (SSSR count). The number of rotatable bonds is 3. The zero-order valence-corrected chi connectivity index (χ0v) is 13.5. The number of anilines is 2. The minimum Gasteiger partial charge on any atom is -0.324 e. The van der Waals surface area contributed by atoms with Crippen molar-refractivity contribution in [3.63, 3.8) is 0 Å². The Morgan fingerprint density at radius 2 is 2.32 bits per heavy atom. The number of benzene rings is 1. The van der Waals surface area contributed by atoms with E-state index >= 15 is 0 Å². The van der Waals surface area contributed by atoms with Gasteiger partial charge in [-0.15, -0.1) is 10.2 Å². The van der Waals surface area contributed by atoms with E-state index < -0.39 is 0 Å². The second-order valence-electron chi connectivity index (χ2n) is 4.88. The smallest absolute Gasteiger partial charge is 0.237 e. The number of fused-ring (bicyclic) bond motifs is 1. The lowest BCUT2D eigenvalue weighted by molar-refractivity contribution is -0.117. The third-order valence-electron chi connectivity index (χ3n) is 3.29. The number of carbonyl (C=O) groups is 2. The maximum atomic E-state index is 12.6. The molecule has 1 aliphatic heterocycles. The van der Waals surface area contributed by atoms with Gasteiger partial charge in [-0.05, 0) is 19.1 Å². The van der Waals surface area contributed by atoms with Crippen LogP contribution in [0.5, 0.6) is 0 Å². The van der Waals surface area contributed by atoms with Crippen LogP contribution in [0.15, 0.2) is 34.1 Å². The Bertz CT molecular complexity index is 690. The van der Waals surface area contributed by atoms with Gasteiger partial charge in [0.05, 0.1) is 17.1 Å². The van der Waals surface area contributed by atoms with Gasteiger partial charge in [0, 0.05) is 12.5 Å². The van der Waals surface area contributed by atoms with Crippen LogP contribution in [0.4, 0.5) is 11.4 Å². The van der Waals surface area contributed by atoms with Crippen molar-refractivity contribution in [2.45, 2.75) is 23.7 Å². The number of thioether (sulfide) groups is 1. The van der Waals surface area contributed by atoms with Gasteiger partial charge in [0.25, 0.3) is 0 Å². The van der Waals surface area contributed by atoms with Crippen LogP contribution in [0.25, 0.3) is 0 Å². The van der Waals surface area contributed by atoms with Crippen molar-refractivity contribution in [1.82, 2.24) is 10.2 Å². The van der Waals surface area contributed by atoms with Crippen LogP contribution in [0.3, 0.4) is 0 Å². The lowest BCUT2D eigenvalue weighted by Gasteiger charge is -2.27. The van der Waals surface area contributed by atoms with Gasteiger partial charge < -0.3 is 10.2 Å². The molecule has 0 bridgehead atoms. The van der Waals surface area contributed by atoms with E-state index in [4.69, 9.17) is 0 Å². The van der Waals surface area contributed by atoms with Crippen LogP contribution >= 0.6 is 23.1 Å². The number of para-hydroxylation sites is 2. The zero-order valence-electron chi connectivity index (χ0n) is 11.9. The minimum absolute atomic E-state index is 0.0448. The fourth-order valence-electron chi connectivity index (χ4n) is 2.39. The highest BCUT2D eigenvalue weighted by Gasteiger charge is 2.29. The molecule has 1 aromatic carbocycles. The Morgan fingerprint density at radius 3 is 3.09 bits per heavy atom. The topological polar surface area (TPSA) is 75.2 Å². The molecule has 114 valence electrons. The molecule has 8 heteroatoms. The van der Waals surface area contributed by atoms with Crippen molar-refractivity contribution < 1.29 is 9.59 Å². The van der Waals surface area contributed by atoms with Crippen LogP contribution in [-0.4, -0.2) is 33.8 Å². The molecule has 1 atom stereocenters. The van der Waals surface area contributed by atoms with Crippen LogP contribution in [0, 0.1) is 0 Å². The van der Waals surface area contributed by atoms with E-state index in [1.165, 1.54) is 23.1 Å². The maximum absolute atomic E-state index is 12.6.